The number of quaternary nitrogens is 1. The molecule has 98 valence electrons. The van der Waals surface area contributed by atoms with Crippen molar-refractivity contribution in [1.82, 2.24) is 20.2 Å². The third-order valence-corrected chi connectivity index (χ3v) is 4.63. The summed E-state index contributed by atoms with van der Waals surface area (Å²) in [7, 11) is 1.87. The van der Waals surface area contributed by atoms with Gasteiger partial charge in [0.2, 0.25) is 5.16 Å². The van der Waals surface area contributed by atoms with Crippen molar-refractivity contribution in [3.05, 3.63) is 21.9 Å². The molecule has 0 amide bonds. The first-order valence-electron chi connectivity index (χ1n) is 5.98. The topological polar surface area (TPSA) is 60.2 Å². The van der Waals surface area contributed by atoms with E-state index in [1.54, 1.807) is 16.4 Å². The van der Waals surface area contributed by atoms with Crippen LogP contribution in [-0.4, -0.2) is 32.5 Å². The van der Waals surface area contributed by atoms with E-state index in [0.717, 1.165) is 24.0 Å². The van der Waals surface area contributed by atoms with E-state index >= 15 is 0 Å². The predicted octanol–water partition coefficient (Wildman–Crippen LogP) is 0.826. The molecule has 7 heteroatoms. The number of rotatable bonds is 7. The molecule has 0 radical (unpaired) electrons. The Kier molecular flexibility index (Phi) is 5.15. The maximum Gasteiger partial charge on any atom is 0.209 e. The highest BCUT2D eigenvalue weighted by molar-refractivity contribution is 7.99. The molecule has 0 bridgehead atoms. The van der Waals surface area contributed by atoms with Crippen LogP contribution in [0.15, 0.2) is 17.3 Å². The Balaban J connectivity index is 1.55. The molecule has 2 N–H and O–H groups in total. The largest absolute Gasteiger partial charge is 0.342 e. The summed E-state index contributed by atoms with van der Waals surface area (Å²) in [5.74, 6) is 1.06. The van der Waals surface area contributed by atoms with Crippen LogP contribution in [0, 0.1) is 6.92 Å². The smallest absolute Gasteiger partial charge is 0.209 e. The number of hydrogen-bond donors (Lipinski definition) is 1. The van der Waals surface area contributed by atoms with Crippen LogP contribution in [0.25, 0.3) is 0 Å². The summed E-state index contributed by atoms with van der Waals surface area (Å²) in [5, 5.41) is 14.6. The highest BCUT2D eigenvalue weighted by Crippen LogP contribution is 2.13. The molecule has 0 aliphatic carbocycles. The van der Waals surface area contributed by atoms with E-state index < -0.39 is 0 Å². The molecule has 2 rings (SSSR count). The zero-order chi connectivity index (χ0) is 12.8. The van der Waals surface area contributed by atoms with Gasteiger partial charge in [0.15, 0.2) is 0 Å². The van der Waals surface area contributed by atoms with Gasteiger partial charge in [-0.1, -0.05) is 11.8 Å². The highest BCUT2D eigenvalue weighted by Gasteiger charge is 2.03. The standard InChI is InChI=1S/C11H17N5S2/c1-9-4-5-10(18-9)8-12-6-3-7-17-11-13-14-15-16(11)2/h4-5,12H,3,6-8H2,1-2H3/p+1. The lowest BCUT2D eigenvalue weighted by Gasteiger charge is -2.00. The van der Waals surface area contributed by atoms with Crippen molar-refractivity contribution >= 4 is 23.1 Å². The van der Waals surface area contributed by atoms with E-state index in [-0.39, 0.29) is 0 Å². The second-order valence-electron chi connectivity index (χ2n) is 4.08. The first kappa shape index (κ1) is 13.5. The van der Waals surface area contributed by atoms with E-state index in [2.05, 4.69) is 39.9 Å². The Bertz CT molecular complexity index is 479. The lowest BCUT2D eigenvalue weighted by molar-refractivity contribution is -0.669. The normalized spacial score (nSPS) is 11.0. The van der Waals surface area contributed by atoms with Crippen LogP contribution in [0.2, 0.25) is 0 Å². The Labute approximate surface area is 115 Å². The van der Waals surface area contributed by atoms with E-state index in [0.29, 0.717) is 0 Å². The first-order chi connectivity index (χ1) is 8.75. The lowest BCUT2D eigenvalue weighted by atomic mass is 10.4. The molecule has 0 saturated carbocycles. The van der Waals surface area contributed by atoms with Crippen LogP contribution in [0.5, 0.6) is 0 Å². The van der Waals surface area contributed by atoms with Crippen LogP contribution in [0.1, 0.15) is 16.2 Å². The molecule has 2 aromatic heterocycles. The number of hydrogen-bond acceptors (Lipinski definition) is 5. The summed E-state index contributed by atoms with van der Waals surface area (Å²) >= 11 is 3.60. The van der Waals surface area contributed by atoms with Crippen molar-refractivity contribution < 1.29 is 5.32 Å². The molecule has 2 aromatic rings. The van der Waals surface area contributed by atoms with Gasteiger partial charge in [-0.05, 0) is 29.5 Å². The Morgan fingerprint density at radius 3 is 3.00 bits per heavy atom. The van der Waals surface area contributed by atoms with Crippen molar-refractivity contribution in [2.75, 3.05) is 12.3 Å². The number of thioether (sulfide) groups is 1. The van der Waals surface area contributed by atoms with Gasteiger partial charge in [-0.25, -0.2) is 4.68 Å². The Morgan fingerprint density at radius 2 is 2.33 bits per heavy atom. The van der Waals surface area contributed by atoms with E-state index in [4.69, 9.17) is 0 Å². The van der Waals surface area contributed by atoms with Gasteiger partial charge in [-0.2, -0.15) is 0 Å². The molecule has 0 fully saturated rings. The van der Waals surface area contributed by atoms with Crippen molar-refractivity contribution in [2.24, 2.45) is 7.05 Å². The van der Waals surface area contributed by atoms with E-state index in [1.165, 1.54) is 16.2 Å². The van der Waals surface area contributed by atoms with Crippen LogP contribution in [0.4, 0.5) is 0 Å². The van der Waals surface area contributed by atoms with Gasteiger partial charge in [-0.3, -0.25) is 0 Å². The number of thiophene rings is 1. The van der Waals surface area contributed by atoms with Gasteiger partial charge in [0, 0.05) is 24.1 Å². The number of aromatic nitrogens is 4. The third-order valence-electron chi connectivity index (χ3n) is 2.51. The minimum absolute atomic E-state index is 0.892. The summed E-state index contributed by atoms with van der Waals surface area (Å²) in [6.45, 7) is 4.39. The summed E-state index contributed by atoms with van der Waals surface area (Å²) in [6, 6.07) is 4.40. The molecule has 2 heterocycles. The molecule has 0 aromatic carbocycles. The number of nitrogens with zero attached hydrogens (tertiary/aromatic N) is 4. The SMILES string of the molecule is Cc1ccc(C[NH2+]CCCSc2nnnn2C)s1. The van der Waals surface area contributed by atoms with Gasteiger partial charge in [0.25, 0.3) is 0 Å². The Morgan fingerprint density at radius 1 is 1.44 bits per heavy atom. The fourth-order valence-corrected chi connectivity index (χ4v) is 3.27. The van der Waals surface area contributed by atoms with E-state index in [9.17, 15) is 0 Å². The molecule has 0 aliphatic rings. The second-order valence-corrected chi connectivity index (χ2v) is 6.52. The number of nitrogens with two attached hydrogens (primary N) is 1. The van der Waals surface area contributed by atoms with Crippen molar-refractivity contribution in [3.8, 4) is 0 Å². The first-order valence-corrected chi connectivity index (χ1v) is 7.78. The van der Waals surface area contributed by atoms with Crippen LogP contribution in [0.3, 0.4) is 0 Å². The van der Waals surface area contributed by atoms with Gasteiger partial charge in [-0.15, -0.1) is 16.4 Å². The van der Waals surface area contributed by atoms with Gasteiger partial charge >= 0.3 is 0 Å². The Hall–Kier alpha value is -0.920. The van der Waals surface area contributed by atoms with Crippen LogP contribution in [-0.2, 0) is 13.6 Å². The van der Waals surface area contributed by atoms with Gasteiger partial charge in [0.1, 0.15) is 6.54 Å². The zero-order valence-electron chi connectivity index (χ0n) is 10.7. The summed E-state index contributed by atoms with van der Waals surface area (Å²) in [5.41, 5.74) is 0. The monoisotopic (exact) mass is 284 g/mol. The second kappa shape index (κ2) is 6.86. The molecule has 5 nitrogen and oxygen atoms in total. The molecule has 0 saturated heterocycles. The minimum atomic E-state index is 0.892. The molecular formula is C11H18N5S2+. The van der Waals surface area contributed by atoms with Crippen molar-refractivity contribution in [2.45, 2.75) is 25.0 Å². The lowest BCUT2D eigenvalue weighted by Crippen LogP contribution is -2.82. The summed E-state index contributed by atoms with van der Waals surface area (Å²) < 4.78 is 1.71. The maximum atomic E-state index is 3.94. The van der Waals surface area contributed by atoms with Crippen molar-refractivity contribution in [3.63, 3.8) is 0 Å². The van der Waals surface area contributed by atoms with Crippen LogP contribution < -0.4 is 5.32 Å². The zero-order valence-corrected chi connectivity index (χ0v) is 12.3. The molecule has 18 heavy (non-hydrogen) atoms. The van der Waals surface area contributed by atoms with E-state index in [1.807, 2.05) is 18.4 Å². The van der Waals surface area contributed by atoms with Gasteiger partial charge in [0.05, 0.1) is 11.4 Å². The highest BCUT2D eigenvalue weighted by atomic mass is 32.2. The average molecular weight is 284 g/mol. The molecule has 0 atom stereocenters. The third kappa shape index (κ3) is 4.08. The molecule has 0 aliphatic heterocycles. The van der Waals surface area contributed by atoms with Crippen LogP contribution >= 0.6 is 23.1 Å². The maximum absolute atomic E-state index is 3.94. The molecular weight excluding hydrogens is 266 g/mol. The average Bonchev–Trinajstić information content (AvgIpc) is 2.93. The fraction of sp³-hybridized carbons (Fsp3) is 0.545. The number of tetrazole rings is 1. The molecule has 0 unspecified atom stereocenters. The minimum Gasteiger partial charge on any atom is -0.342 e. The summed E-state index contributed by atoms with van der Waals surface area (Å²) in [4.78, 5) is 2.85. The summed E-state index contributed by atoms with van der Waals surface area (Å²) in [6.07, 6.45) is 1.17. The predicted molar refractivity (Wildman–Crippen MR) is 73.7 cm³/mol. The quantitative estimate of drug-likeness (QED) is 0.604. The van der Waals surface area contributed by atoms with Crippen molar-refractivity contribution in [1.29, 1.82) is 0 Å². The molecule has 0 spiro atoms. The van der Waals surface area contributed by atoms with Gasteiger partial charge < -0.3 is 5.32 Å². The number of aryl methyl sites for hydroxylation is 2. The fourth-order valence-electron chi connectivity index (χ4n) is 1.57.